The molecule has 2 heterocycles. The highest BCUT2D eigenvalue weighted by molar-refractivity contribution is 5.80. The van der Waals surface area contributed by atoms with Crippen molar-refractivity contribution in [2.75, 3.05) is 0 Å². The molecule has 0 aliphatic rings. The molecule has 0 aliphatic heterocycles. The van der Waals surface area contributed by atoms with Gasteiger partial charge in [-0.05, 0) is 45.5 Å². The van der Waals surface area contributed by atoms with E-state index in [9.17, 15) is 0 Å². The van der Waals surface area contributed by atoms with Gasteiger partial charge in [0, 0.05) is 23.6 Å². The van der Waals surface area contributed by atoms with Crippen molar-refractivity contribution in [3.63, 3.8) is 0 Å². The number of benzene rings is 3. The second kappa shape index (κ2) is 10.2. The van der Waals surface area contributed by atoms with Crippen LogP contribution in [-0.4, -0.2) is 35.4 Å². The molecule has 0 radical (unpaired) electrons. The number of nitrogens with zero attached hydrogens (tertiary/aromatic N) is 6. The molecule has 3 aromatic carbocycles. The van der Waals surface area contributed by atoms with E-state index in [0.29, 0.717) is 18.3 Å². The van der Waals surface area contributed by atoms with E-state index in [-0.39, 0.29) is 6.04 Å². The summed E-state index contributed by atoms with van der Waals surface area (Å²) in [5, 5.41) is 19.2. The summed E-state index contributed by atoms with van der Waals surface area (Å²) in [5.74, 6) is 2.86. The lowest BCUT2D eigenvalue weighted by Gasteiger charge is -2.10. The summed E-state index contributed by atoms with van der Waals surface area (Å²) in [6.45, 7) is 6.98. The molecular weight excluding hydrogens is 448 g/mol. The van der Waals surface area contributed by atoms with Gasteiger partial charge in [-0.25, -0.2) is 14.8 Å². The fourth-order valence-electron chi connectivity index (χ4n) is 4.28. The molecule has 0 amide bonds. The van der Waals surface area contributed by atoms with Gasteiger partial charge >= 0.3 is 0 Å². The van der Waals surface area contributed by atoms with E-state index >= 15 is 0 Å². The standard InChI is InChI=1S/C28H30N8/c1-18(2)16-26-30-28(23-14-12-21(13-15-23)19(3)29)36(33-26)17-20-8-10-22(11-9-20)24-6-4-5-7-25(24)27-31-34-35-32-27/h4-15,18-19H,16-17,29H2,1-3H3,(H,31,32,34,35). The molecule has 0 saturated carbocycles. The maximum absolute atomic E-state index is 6.04. The Labute approximate surface area is 210 Å². The molecule has 2 aromatic heterocycles. The van der Waals surface area contributed by atoms with Crippen LogP contribution in [0, 0.1) is 5.92 Å². The fourth-order valence-corrected chi connectivity index (χ4v) is 4.28. The van der Waals surface area contributed by atoms with Crippen LogP contribution < -0.4 is 5.73 Å². The number of aromatic amines is 1. The van der Waals surface area contributed by atoms with Crippen molar-refractivity contribution < 1.29 is 0 Å². The average molecular weight is 479 g/mol. The molecule has 0 saturated heterocycles. The Balaban J connectivity index is 1.44. The minimum absolute atomic E-state index is 0.00243. The first-order valence-electron chi connectivity index (χ1n) is 12.2. The molecule has 0 aliphatic carbocycles. The van der Waals surface area contributed by atoms with Gasteiger partial charge in [-0.3, -0.25) is 0 Å². The third-order valence-electron chi connectivity index (χ3n) is 6.13. The molecule has 0 fully saturated rings. The first kappa shape index (κ1) is 23.6. The number of H-pyrrole nitrogens is 1. The van der Waals surface area contributed by atoms with Crippen molar-refractivity contribution in [3.05, 3.63) is 89.7 Å². The van der Waals surface area contributed by atoms with E-state index in [1.807, 2.05) is 29.8 Å². The zero-order valence-corrected chi connectivity index (χ0v) is 20.8. The van der Waals surface area contributed by atoms with Gasteiger partial charge in [0.25, 0.3) is 0 Å². The molecular formula is C28H30N8. The number of nitrogens with one attached hydrogen (secondary N) is 1. The maximum Gasteiger partial charge on any atom is 0.180 e. The van der Waals surface area contributed by atoms with Gasteiger partial charge < -0.3 is 5.73 Å². The number of hydrogen-bond donors (Lipinski definition) is 2. The first-order chi connectivity index (χ1) is 17.5. The number of rotatable bonds is 8. The summed E-state index contributed by atoms with van der Waals surface area (Å²) >= 11 is 0. The first-order valence-corrected chi connectivity index (χ1v) is 12.2. The Morgan fingerprint density at radius 1 is 0.861 bits per heavy atom. The lowest BCUT2D eigenvalue weighted by molar-refractivity contribution is 0.604. The molecule has 36 heavy (non-hydrogen) atoms. The topological polar surface area (TPSA) is 111 Å². The lowest BCUT2D eigenvalue weighted by Crippen LogP contribution is -2.06. The summed E-state index contributed by atoms with van der Waals surface area (Å²) in [6.07, 6.45) is 0.837. The zero-order valence-electron chi connectivity index (χ0n) is 20.8. The third kappa shape index (κ3) is 5.08. The molecule has 8 nitrogen and oxygen atoms in total. The molecule has 0 spiro atoms. The van der Waals surface area contributed by atoms with Crippen molar-refractivity contribution in [3.8, 4) is 33.9 Å². The van der Waals surface area contributed by atoms with Gasteiger partial charge in [0.15, 0.2) is 17.5 Å². The van der Waals surface area contributed by atoms with Crippen molar-refractivity contribution in [2.45, 2.75) is 39.8 Å². The van der Waals surface area contributed by atoms with E-state index in [1.54, 1.807) is 0 Å². The predicted molar refractivity (Wildman–Crippen MR) is 141 cm³/mol. The number of hydrogen-bond acceptors (Lipinski definition) is 6. The Morgan fingerprint density at radius 2 is 1.56 bits per heavy atom. The molecule has 0 bridgehead atoms. The SMILES string of the molecule is CC(C)Cc1nc(-c2ccc(C(C)N)cc2)n(Cc2ccc(-c3ccccc3-c3nnn[nH]3)cc2)n1. The third-order valence-corrected chi connectivity index (χ3v) is 6.13. The van der Waals surface area contributed by atoms with Gasteiger partial charge in [0.2, 0.25) is 0 Å². The molecule has 182 valence electrons. The zero-order chi connectivity index (χ0) is 25.1. The van der Waals surface area contributed by atoms with Crippen LogP contribution in [0.1, 0.15) is 43.8 Å². The Morgan fingerprint density at radius 3 is 2.19 bits per heavy atom. The van der Waals surface area contributed by atoms with Gasteiger partial charge in [-0.2, -0.15) is 5.10 Å². The van der Waals surface area contributed by atoms with E-state index in [2.05, 4.69) is 89.1 Å². The van der Waals surface area contributed by atoms with E-state index in [4.69, 9.17) is 15.8 Å². The van der Waals surface area contributed by atoms with Crippen molar-refractivity contribution in [2.24, 2.45) is 11.7 Å². The summed E-state index contributed by atoms with van der Waals surface area (Å²) in [7, 11) is 0. The molecule has 3 N–H and O–H groups in total. The lowest BCUT2D eigenvalue weighted by atomic mass is 9.98. The number of tetrazole rings is 1. The minimum Gasteiger partial charge on any atom is -0.324 e. The summed E-state index contributed by atoms with van der Waals surface area (Å²) in [5.41, 5.74) is 12.4. The van der Waals surface area contributed by atoms with Gasteiger partial charge in [0.1, 0.15) is 0 Å². The van der Waals surface area contributed by atoms with Crippen LogP contribution in [0.25, 0.3) is 33.9 Å². The van der Waals surface area contributed by atoms with Gasteiger partial charge in [-0.15, -0.1) is 5.10 Å². The van der Waals surface area contributed by atoms with Gasteiger partial charge in [0.05, 0.1) is 6.54 Å². The molecule has 5 aromatic rings. The highest BCUT2D eigenvalue weighted by atomic mass is 15.5. The second-order valence-electron chi connectivity index (χ2n) is 9.51. The van der Waals surface area contributed by atoms with Crippen molar-refractivity contribution >= 4 is 0 Å². The van der Waals surface area contributed by atoms with Crippen molar-refractivity contribution in [1.82, 2.24) is 35.4 Å². The number of aromatic nitrogens is 7. The van der Waals surface area contributed by atoms with E-state index < -0.39 is 0 Å². The van der Waals surface area contributed by atoms with Crippen molar-refractivity contribution in [1.29, 1.82) is 0 Å². The fraction of sp³-hybridized carbons (Fsp3) is 0.250. The average Bonchev–Trinajstić information content (AvgIpc) is 3.55. The predicted octanol–water partition coefficient (Wildman–Crippen LogP) is 5.06. The maximum atomic E-state index is 6.04. The quantitative estimate of drug-likeness (QED) is 0.322. The summed E-state index contributed by atoms with van der Waals surface area (Å²) in [4.78, 5) is 4.89. The largest absolute Gasteiger partial charge is 0.324 e. The Kier molecular flexibility index (Phi) is 6.69. The Hall–Kier alpha value is -4.17. The molecule has 1 atom stereocenters. The monoisotopic (exact) mass is 478 g/mol. The normalized spacial score (nSPS) is 12.2. The summed E-state index contributed by atoms with van der Waals surface area (Å²) in [6, 6.07) is 24.9. The van der Waals surface area contributed by atoms with Crippen LogP contribution in [0.4, 0.5) is 0 Å². The highest BCUT2D eigenvalue weighted by Gasteiger charge is 2.15. The second-order valence-corrected chi connectivity index (χ2v) is 9.51. The molecule has 5 rings (SSSR count). The molecule has 1 unspecified atom stereocenters. The van der Waals surface area contributed by atoms with Crippen LogP contribution in [0.5, 0.6) is 0 Å². The molecule has 8 heteroatoms. The van der Waals surface area contributed by atoms with E-state index in [0.717, 1.165) is 51.5 Å². The Bertz CT molecular complexity index is 1420. The van der Waals surface area contributed by atoms with E-state index in [1.165, 1.54) is 0 Å². The minimum atomic E-state index is -0.00243. The highest BCUT2D eigenvalue weighted by Crippen LogP contribution is 2.30. The van der Waals surface area contributed by atoms with Crippen LogP contribution in [-0.2, 0) is 13.0 Å². The van der Waals surface area contributed by atoms with Crippen LogP contribution in [0.2, 0.25) is 0 Å². The number of nitrogens with two attached hydrogens (primary N) is 1. The summed E-state index contributed by atoms with van der Waals surface area (Å²) < 4.78 is 2.00. The smallest absolute Gasteiger partial charge is 0.180 e. The van der Waals surface area contributed by atoms with Crippen LogP contribution in [0.15, 0.2) is 72.8 Å². The van der Waals surface area contributed by atoms with Gasteiger partial charge in [-0.1, -0.05) is 86.6 Å². The van der Waals surface area contributed by atoms with Crippen LogP contribution >= 0.6 is 0 Å². The van der Waals surface area contributed by atoms with Crippen LogP contribution in [0.3, 0.4) is 0 Å².